The van der Waals surface area contributed by atoms with Crippen molar-refractivity contribution in [3.63, 3.8) is 0 Å². The van der Waals surface area contributed by atoms with E-state index in [4.69, 9.17) is 0 Å². The monoisotopic (exact) mass is 298 g/mol. The minimum Gasteiger partial charge on any atom is -0.337 e. The van der Waals surface area contributed by atoms with Crippen molar-refractivity contribution in [2.45, 2.75) is 20.3 Å². The highest BCUT2D eigenvalue weighted by molar-refractivity contribution is 5.96. The fourth-order valence-electron chi connectivity index (χ4n) is 3.04. The van der Waals surface area contributed by atoms with Gasteiger partial charge in [-0.2, -0.15) is 0 Å². The average Bonchev–Trinajstić information content (AvgIpc) is 2.73. The van der Waals surface area contributed by atoms with Crippen molar-refractivity contribution in [3.05, 3.63) is 47.4 Å². The van der Waals surface area contributed by atoms with Crippen LogP contribution in [-0.4, -0.2) is 46.5 Å². The van der Waals surface area contributed by atoms with Crippen molar-refractivity contribution in [1.29, 1.82) is 0 Å². The second-order valence-electron chi connectivity index (χ2n) is 5.70. The summed E-state index contributed by atoms with van der Waals surface area (Å²) in [5, 5.41) is 3.33. The van der Waals surface area contributed by atoms with E-state index in [0.29, 0.717) is 0 Å². The molecule has 5 nitrogen and oxygen atoms in total. The quantitative estimate of drug-likeness (QED) is 0.921. The number of hydrogen-bond donors (Lipinski definition) is 1. The molecule has 1 saturated heterocycles. The van der Waals surface area contributed by atoms with Gasteiger partial charge in [0.25, 0.3) is 5.91 Å². The molecule has 0 saturated carbocycles. The highest BCUT2D eigenvalue weighted by Gasteiger charge is 2.22. The van der Waals surface area contributed by atoms with E-state index in [0.717, 1.165) is 55.4 Å². The number of rotatable bonds is 2. The Balaban J connectivity index is 1.93. The number of amides is 1. The first-order valence-electron chi connectivity index (χ1n) is 7.79. The summed E-state index contributed by atoms with van der Waals surface area (Å²) in [6, 6.07) is 7.80. The third-order valence-corrected chi connectivity index (χ3v) is 4.17. The van der Waals surface area contributed by atoms with Crippen LogP contribution in [0, 0.1) is 13.8 Å². The van der Waals surface area contributed by atoms with Gasteiger partial charge in [-0.3, -0.25) is 4.79 Å². The van der Waals surface area contributed by atoms with Crippen molar-refractivity contribution < 1.29 is 4.79 Å². The van der Waals surface area contributed by atoms with Crippen molar-refractivity contribution in [3.8, 4) is 5.82 Å². The van der Waals surface area contributed by atoms with Gasteiger partial charge < -0.3 is 14.8 Å². The predicted octanol–water partition coefficient (Wildman–Crippen LogP) is 1.92. The number of aromatic nitrogens is 2. The number of nitrogens with zero attached hydrogens (tertiary/aromatic N) is 3. The lowest BCUT2D eigenvalue weighted by molar-refractivity contribution is 0.0765. The minimum absolute atomic E-state index is 0.124. The normalized spacial score (nSPS) is 15.6. The molecule has 116 valence electrons. The minimum atomic E-state index is 0.124. The molecule has 0 radical (unpaired) electrons. The molecule has 0 spiro atoms. The molecule has 0 atom stereocenters. The molecular formula is C17H22N4O. The number of carbonyl (C=O) groups excluding carboxylic acids is 1. The Morgan fingerprint density at radius 1 is 1.23 bits per heavy atom. The highest BCUT2D eigenvalue weighted by atomic mass is 16.2. The van der Waals surface area contributed by atoms with Crippen LogP contribution in [0.15, 0.2) is 30.5 Å². The van der Waals surface area contributed by atoms with Crippen LogP contribution in [0.25, 0.3) is 5.82 Å². The third-order valence-electron chi connectivity index (χ3n) is 4.17. The van der Waals surface area contributed by atoms with Crippen LogP contribution in [0.4, 0.5) is 0 Å². The Labute approximate surface area is 131 Å². The molecule has 1 N–H and O–H groups in total. The molecule has 1 amide bonds. The molecule has 0 aliphatic carbocycles. The van der Waals surface area contributed by atoms with E-state index < -0.39 is 0 Å². The van der Waals surface area contributed by atoms with Gasteiger partial charge in [0.1, 0.15) is 5.82 Å². The van der Waals surface area contributed by atoms with E-state index in [1.165, 1.54) is 0 Å². The molecule has 0 bridgehead atoms. The molecule has 1 aliphatic heterocycles. The Kier molecular flexibility index (Phi) is 4.24. The molecular weight excluding hydrogens is 276 g/mol. The summed E-state index contributed by atoms with van der Waals surface area (Å²) in [6.45, 7) is 7.44. The smallest absolute Gasteiger partial charge is 0.255 e. The zero-order chi connectivity index (χ0) is 15.5. The molecule has 0 aromatic carbocycles. The summed E-state index contributed by atoms with van der Waals surface area (Å²) < 4.78 is 2.04. The molecule has 22 heavy (non-hydrogen) atoms. The molecule has 1 fully saturated rings. The van der Waals surface area contributed by atoms with Crippen LogP contribution in [-0.2, 0) is 0 Å². The molecule has 3 rings (SSSR count). The zero-order valence-corrected chi connectivity index (χ0v) is 13.2. The van der Waals surface area contributed by atoms with Gasteiger partial charge in [0.2, 0.25) is 0 Å². The number of pyridine rings is 1. The Morgan fingerprint density at radius 3 is 2.86 bits per heavy atom. The summed E-state index contributed by atoms with van der Waals surface area (Å²) in [4.78, 5) is 19.2. The lowest BCUT2D eigenvalue weighted by Gasteiger charge is -2.20. The van der Waals surface area contributed by atoms with E-state index in [9.17, 15) is 4.79 Å². The Morgan fingerprint density at radius 2 is 2.09 bits per heavy atom. The fraction of sp³-hybridized carbons (Fsp3) is 0.412. The summed E-state index contributed by atoms with van der Waals surface area (Å²) in [6.07, 6.45) is 2.78. The van der Waals surface area contributed by atoms with Gasteiger partial charge in [-0.15, -0.1) is 0 Å². The van der Waals surface area contributed by atoms with E-state index in [2.05, 4.69) is 10.3 Å². The van der Waals surface area contributed by atoms with E-state index in [1.54, 1.807) is 6.20 Å². The van der Waals surface area contributed by atoms with Crippen LogP contribution in [0.1, 0.15) is 28.2 Å². The highest BCUT2D eigenvalue weighted by Crippen LogP contribution is 2.21. The molecule has 2 aromatic rings. The van der Waals surface area contributed by atoms with Crippen molar-refractivity contribution in [2.75, 3.05) is 26.2 Å². The Bertz CT molecular complexity index is 655. The van der Waals surface area contributed by atoms with E-state index in [-0.39, 0.29) is 5.91 Å². The van der Waals surface area contributed by atoms with Gasteiger partial charge in [0.15, 0.2) is 0 Å². The summed E-state index contributed by atoms with van der Waals surface area (Å²) >= 11 is 0. The zero-order valence-electron chi connectivity index (χ0n) is 13.2. The van der Waals surface area contributed by atoms with Crippen LogP contribution in [0.3, 0.4) is 0 Å². The van der Waals surface area contributed by atoms with Gasteiger partial charge in [0.05, 0.1) is 5.56 Å². The average molecular weight is 298 g/mol. The van der Waals surface area contributed by atoms with Crippen molar-refractivity contribution in [2.24, 2.45) is 0 Å². The second kappa shape index (κ2) is 6.32. The number of nitrogens with one attached hydrogen (secondary N) is 1. The standard InChI is InChI=1S/C17H22N4O/c1-13-12-15(17(22)20-10-5-7-18-9-11-20)14(2)21(13)16-6-3-4-8-19-16/h3-4,6,8,12,18H,5,7,9-11H2,1-2H3. The van der Waals surface area contributed by atoms with Crippen LogP contribution >= 0.6 is 0 Å². The largest absolute Gasteiger partial charge is 0.337 e. The van der Waals surface area contributed by atoms with Gasteiger partial charge >= 0.3 is 0 Å². The SMILES string of the molecule is Cc1cc(C(=O)N2CCCNCC2)c(C)n1-c1ccccn1. The second-order valence-corrected chi connectivity index (χ2v) is 5.70. The maximum Gasteiger partial charge on any atom is 0.255 e. The first-order valence-corrected chi connectivity index (χ1v) is 7.79. The van der Waals surface area contributed by atoms with E-state index in [1.807, 2.05) is 47.6 Å². The summed E-state index contributed by atoms with van der Waals surface area (Å²) in [7, 11) is 0. The number of hydrogen-bond acceptors (Lipinski definition) is 3. The number of carbonyl (C=O) groups is 1. The molecule has 5 heteroatoms. The van der Waals surface area contributed by atoms with Gasteiger partial charge in [-0.25, -0.2) is 4.98 Å². The third kappa shape index (κ3) is 2.76. The van der Waals surface area contributed by atoms with Crippen LogP contribution < -0.4 is 5.32 Å². The van der Waals surface area contributed by atoms with Crippen LogP contribution in [0.5, 0.6) is 0 Å². The van der Waals surface area contributed by atoms with Crippen LogP contribution in [0.2, 0.25) is 0 Å². The lowest BCUT2D eigenvalue weighted by atomic mass is 10.2. The fourth-order valence-corrected chi connectivity index (χ4v) is 3.04. The molecule has 0 unspecified atom stereocenters. The number of aryl methyl sites for hydroxylation is 1. The van der Waals surface area contributed by atoms with Gasteiger partial charge in [-0.1, -0.05) is 6.07 Å². The van der Waals surface area contributed by atoms with Crippen molar-refractivity contribution >= 4 is 5.91 Å². The molecule has 2 aromatic heterocycles. The molecule has 3 heterocycles. The maximum absolute atomic E-state index is 12.8. The predicted molar refractivity (Wildman–Crippen MR) is 86.4 cm³/mol. The van der Waals surface area contributed by atoms with Gasteiger partial charge in [0, 0.05) is 37.2 Å². The topological polar surface area (TPSA) is 50.2 Å². The Hall–Kier alpha value is -2.14. The van der Waals surface area contributed by atoms with Gasteiger partial charge in [-0.05, 0) is 45.0 Å². The first kappa shape index (κ1) is 14.8. The molecule has 1 aliphatic rings. The maximum atomic E-state index is 12.8. The first-order chi connectivity index (χ1) is 10.7. The summed E-state index contributed by atoms with van der Waals surface area (Å²) in [5.74, 6) is 0.980. The van der Waals surface area contributed by atoms with Crippen molar-refractivity contribution in [1.82, 2.24) is 19.8 Å². The lowest BCUT2D eigenvalue weighted by Crippen LogP contribution is -2.34. The summed E-state index contributed by atoms with van der Waals surface area (Å²) in [5.41, 5.74) is 2.77. The van der Waals surface area contributed by atoms with E-state index >= 15 is 0 Å².